The first-order chi connectivity index (χ1) is 14.6. The van der Waals surface area contributed by atoms with Crippen LogP contribution in [-0.2, 0) is 11.2 Å². The molecule has 0 spiro atoms. The zero-order chi connectivity index (χ0) is 20.9. The molecule has 1 aliphatic rings. The molecule has 0 radical (unpaired) electrons. The van der Waals surface area contributed by atoms with Gasteiger partial charge in [0.2, 0.25) is 5.91 Å². The van der Waals surface area contributed by atoms with Crippen LogP contribution in [-0.4, -0.2) is 38.8 Å². The second kappa shape index (κ2) is 8.98. The Balaban J connectivity index is 1.46. The maximum absolute atomic E-state index is 13.8. The molecule has 3 aromatic rings. The summed E-state index contributed by atoms with van der Waals surface area (Å²) >= 11 is 0. The van der Waals surface area contributed by atoms with Gasteiger partial charge in [0, 0.05) is 49.5 Å². The fourth-order valence-corrected chi connectivity index (χ4v) is 3.87. The van der Waals surface area contributed by atoms with E-state index in [0.29, 0.717) is 36.6 Å². The number of halogens is 1. The largest absolute Gasteiger partial charge is 0.342 e. The molecule has 154 valence electrons. The predicted octanol–water partition coefficient (Wildman–Crippen LogP) is 3.31. The number of rotatable bonds is 5. The van der Waals surface area contributed by atoms with Gasteiger partial charge < -0.3 is 9.88 Å². The van der Waals surface area contributed by atoms with Crippen molar-refractivity contribution in [2.24, 2.45) is 0 Å². The molecule has 1 aromatic carbocycles. The lowest BCUT2D eigenvalue weighted by molar-refractivity contribution is -0.132. The highest BCUT2D eigenvalue weighted by Gasteiger charge is 2.26. The van der Waals surface area contributed by atoms with E-state index in [2.05, 4.69) is 15.0 Å². The van der Waals surface area contributed by atoms with Crippen LogP contribution in [0, 0.1) is 5.82 Å². The fourth-order valence-electron chi connectivity index (χ4n) is 3.87. The molecule has 1 N–H and O–H groups in total. The Morgan fingerprint density at radius 2 is 2.00 bits per heavy atom. The van der Waals surface area contributed by atoms with Gasteiger partial charge in [-0.15, -0.1) is 0 Å². The molecule has 1 atom stereocenters. The van der Waals surface area contributed by atoms with Crippen molar-refractivity contribution in [3.05, 3.63) is 82.4 Å². The Morgan fingerprint density at radius 1 is 1.20 bits per heavy atom. The zero-order valence-electron chi connectivity index (χ0n) is 16.6. The Bertz CT molecular complexity index is 1080. The molecule has 4 rings (SSSR count). The van der Waals surface area contributed by atoms with Crippen LogP contribution in [0.3, 0.4) is 0 Å². The summed E-state index contributed by atoms with van der Waals surface area (Å²) in [5.74, 6) is 0.277. The number of pyridine rings is 1. The number of carbonyl (C=O) groups is 1. The van der Waals surface area contributed by atoms with Gasteiger partial charge in [0.15, 0.2) is 0 Å². The van der Waals surface area contributed by atoms with E-state index in [1.807, 2.05) is 12.1 Å². The quantitative estimate of drug-likeness (QED) is 0.705. The highest BCUT2D eigenvalue weighted by atomic mass is 19.1. The van der Waals surface area contributed by atoms with Gasteiger partial charge in [-0.3, -0.25) is 14.6 Å². The molecule has 2 aromatic heterocycles. The van der Waals surface area contributed by atoms with Crippen molar-refractivity contribution in [1.82, 2.24) is 19.9 Å². The number of likely N-dealkylation sites (tertiary alicyclic amines) is 1. The summed E-state index contributed by atoms with van der Waals surface area (Å²) < 4.78 is 13.8. The Labute approximate surface area is 173 Å². The number of aryl methyl sites for hydroxylation is 1. The number of nitrogens with zero attached hydrogens (tertiary/aromatic N) is 3. The first-order valence-electron chi connectivity index (χ1n) is 10.1. The maximum Gasteiger partial charge on any atom is 0.251 e. The Kier molecular flexibility index (Phi) is 5.97. The number of hydrogen-bond acceptors (Lipinski definition) is 4. The van der Waals surface area contributed by atoms with Crippen molar-refractivity contribution in [3.63, 3.8) is 0 Å². The molecule has 0 saturated carbocycles. The first-order valence-corrected chi connectivity index (χ1v) is 10.1. The second-order valence-corrected chi connectivity index (χ2v) is 7.52. The topological polar surface area (TPSA) is 79.0 Å². The second-order valence-electron chi connectivity index (χ2n) is 7.52. The van der Waals surface area contributed by atoms with Crippen LogP contribution >= 0.6 is 0 Å². The summed E-state index contributed by atoms with van der Waals surface area (Å²) in [5, 5.41) is 0. The molecule has 1 amide bonds. The maximum atomic E-state index is 13.8. The molecule has 3 heterocycles. The van der Waals surface area contributed by atoms with Crippen molar-refractivity contribution >= 4 is 5.91 Å². The molecule has 30 heavy (non-hydrogen) atoms. The van der Waals surface area contributed by atoms with E-state index in [-0.39, 0.29) is 29.6 Å². The number of aromatic nitrogens is 3. The molecule has 0 aliphatic carbocycles. The van der Waals surface area contributed by atoms with Crippen molar-refractivity contribution < 1.29 is 9.18 Å². The average Bonchev–Trinajstić information content (AvgIpc) is 2.78. The minimum atomic E-state index is -0.281. The minimum absolute atomic E-state index is 0.00408. The van der Waals surface area contributed by atoms with E-state index < -0.39 is 0 Å². The van der Waals surface area contributed by atoms with E-state index in [0.717, 1.165) is 18.4 Å². The number of piperidine rings is 1. The lowest BCUT2D eigenvalue weighted by atomic mass is 9.96. The third-order valence-corrected chi connectivity index (χ3v) is 5.46. The molecule has 1 fully saturated rings. The van der Waals surface area contributed by atoms with Crippen LogP contribution in [0.25, 0.3) is 11.3 Å². The van der Waals surface area contributed by atoms with Gasteiger partial charge in [0.1, 0.15) is 11.6 Å². The molecule has 7 heteroatoms. The van der Waals surface area contributed by atoms with Gasteiger partial charge in [0.25, 0.3) is 5.56 Å². The summed E-state index contributed by atoms with van der Waals surface area (Å²) in [5.41, 5.74) is 1.76. The number of amides is 1. The third-order valence-electron chi connectivity index (χ3n) is 5.46. The number of carbonyl (C=O) groups excluding carboxylic acids is 1. The van der Waals surface area contributed by atoms with Gasteiger partial charge >= 0.3 is 0 Å². The summed E-state index contributed by atoms with van der Waals surface area (Å²) in [6, 6.07) is 11.6. The average molecular weight is 406 g/mol. The summed E-state index contributed by atoms with van der Waals surface area (Å²) in [7, 11) is 0. The van der Waals surface area contributed by atoms with Gasteiger partial charge in [0.05, 0.1) is 5.69 Å². The lowest BCUT2D eigenvalue weighted by Gasteiger charge is -2.32. The van der Waals surface area contributed by atoms with Crippen LogP contribution in [0.15, 0.2) is 59.7 Å². The Hall–Kier alpha value is -3.35. The van der Waals surface area contributed by atoms with Gasteiger partial charge in [-0.1, -0.05) is 18.2 Å². The van der Waals surface area contributed by atoms with Crippen molar-refractivity contribution in [2.75, 3.05) is 13.1 Å². The third kappa shape index (κ3) is 4.62. The van der Waals surface area contributed by atoms with E-state index in [1.165, 1.54) is 12.1 Å². The molecule has 1 unspecified atom stereocenters. The lowest BCUT2D eigenvalue weighted by Crippen LogP contribution is -2.40. The van der Waals surface area contributed by atoms with Gasteiger partial charge in [-0.05, 0) is 43.0 Å². The van der Waals surface area contributed by atoms with Crippen molar-refractivity contribution in [2.45, 2.75) is 31.6 Å². The van der Waals surface area contributed by atoms with Crippen LogP contribution in [0.5, 0.6) is 0 Å². The van der Waals surface area contributed by atoms with Gasteiger partial charge in [-0.2, -0.15) is 0 Å². The summed E-state index contributed by atoms with van der Waals surface area (Å²) in [6.07, 6.45) is 5.63. The number of hydrogen-bond donors (Lipinski definition) is 1. The Morgan fingerprint density at radius 3 is 2.80 bits per heavy atom. The monoisotopic (exact) mass is 406 g/mol. The standard InChI is InChI=1S/C23H23FN4O2/c24-19-6-2-1-4-16(19)7-8-22(30)28-13-3-5-18(15-28)23-26-20(14-21(29)27-23)17-9-11-25-12-10-17/h1-2,4,6,9-12,14,18H,3,5,7-8,13,15H2,(H,26,27,29). The fraction of sp³-hybridized carbons (Fsp3) is 0.304. The van der Waals surface area contributed by atoms with Crippen molar-refractivity contribution in [1.29, 1.82) is 0 Å². The summed E-state index contributed by atoms with van der Waals surface area (Å²) in [6.45, 7) is 1.17. The molecular formula is C23H23FN4O2. The van der Waals surface area contributed by atoms with Crippen LogP contribution in [0.1, 0.15) is 36.6 Å². The van der Waals surface area contributed by atoms with E-state index in [1.54, 1.807) is 35.5 Å². The van der Waals surface area contributed by atoms with Crippen molar-refractivity contribution in [3.8, 4) is 11.3 Å². The molecule has 0 bridgehead atoms. The van der Waals surface area contributed by atoms with Crippen LogP contribution in [0.2, 0.25) is 0 Å². The molecule has 1 aliphatic heterocycles. The van der Waals surface area contributed by atoms with Crippen LogP contribution < -0.4 is 5.56 Å². The normalized spacial score (nSPS) is 16.4. The number of aromatic amines is 1. The summed E-state index contributed by atoms with van der Waals surface area (Å²) in [4.78, 5) is 38.2. The highest BCUT2D eigenvalue weighted by molar-refractivity contribution is 5.76. The molecule has 6 nitrogen and oxygen atoms in total. The molecule has 1 saturated heterocycles. The SMILES string of the molecule is O=C(CCc1ccccc1F)N1CCCC(c2nc(-c3ccncc3)cc(=O)[nH]2)C1. The number of benzene rings is 1. The van der Waals surface area contributed by atoms with E-state index in [4.69, 9.17) is 0 Å². The zero-order valence-corrected chi connectivity index (χ0v) is 16.6. The van der Waals surface area contributed by atoms with Crippen LogP contribution in [0.4, 0.5) is 4.39 Å². The van der Waals surface area contributed by atoms with E-state index >= 15 is 0 Å². The minimum Gasteiger partial charge on any atom is -0.342 e. The number of nitrogens with one attached hydrogen (secondary N) is 1. The first kappa shape index (κ1) is 19.9. The van der Waals surface area contributed by atoms with Gasteiger partial charge in [-0.25, -0.2) is 9.37 Å². The highest BCUT2D eigenvalue weighted by Crippen LogP contribution is 2.26. The smallest absolute Gasteiger partial charge is 0.251 e. The van der Waals surface area contributed by atoms with E-state index in [9.17, 15) is 14.0 Å². The number of H-pyrrole nitrogens is 1. The molecular weight excluding hydrogens is 383 g/mol. The predicted molar refractivity (Wildman–Crippen MR) is 111 cm³/mol.